The molecule has 1 aliphatic rings. The van der Waals surface area contributed by atoms with Gasteiger partial charge < -0.3 is 4.90 Å². The van der Waals surface area contributed by atoms with Gasteiger partial charge >= 0.3 is 0 Å². The van der Waals surface area contributed by atoms with Gasteiger partial charge in [-0.2, -0.15) is 5.10 Å². The van der Waals surface area contributed by atoms with Crippen molar-refractivity contribution < 1.29 is 4.79 Å². The third-order valence-corrected chi connectivity index (χ3v) is 5.73. The highest BCUT2D eigenvalue weighted by molar-refractivity contribution is 6.05. The number of aryl methyl sites for hydroxylation is 1. The Balaban J connectivity index is 1.28. The number of carbonyl (C=O) groups excluding carboxylic acids is 1. The second kappa shape index (κ2) is 8.42. The van der Waals surface area contributed by atoms with E-state index in [0.29, 0.717) is 18.0 Å². The molecule has 0 atom stereocenters. The molecule has 0 radical (unpaired) electrons. The van der Waals surface area contributed by atoms with E-state index in [9.17, 15) is 4.79 Å². The molecule has 1 aromatic heterocycles. The number of hydrogen-bond donors (Lipinski definition) is 0. The molecule has 1 saturated heterocycles. The SMILES string of the molecule is Cn1nc(C(=O)CCC2CCN(C=Cc3ccccc3)CC2)c2ccccc21. The lowest BCUT2D eigenvalue weighted by Gasteiger charge is -2.31. The highest BCUT2D eigenvalue weighted by atomic mass is 16.1. The fourth-order valence-corrected chi connectivity index (χ4v) is 4.02. The first kappa shape index (κ1) is 18.5. The molecule has 4 heteroatoms. The number of rotatable bonds is 6. The van der Waals surface area contributed by atoms with Crippen LogP contribution in [0.4, 0.5) is 0 Å². The lowest BCUT2D eigenvalue weighted by Crippen LogP contribution is -2.29. The summed E-state index contributed by atoms with van der Waals surface area (Å²) in [4.78, 5) is 15.1. The topological polar surface area (TPSA) is 38.1 Å². The van der Waals surface area contributed by atoms with Crippen molar-refractivity contribution >= 4 is 22.8 Å². The quantitative estimate of drug-likeness (QED) is 0.576. The highest BCUT2D eigenvalue weighted by Crippen LogP contribution is 2.25. The molecule has 0 amide bonds. The van der Waals surface area contributed by atoms with Gasteiger partial charge in [-0.25, -0.2) is 0 Å². The summed E-state index contributed by atoms with van der Waals surface area (Å²) < 4.78 is 1.81. The number of para-hydroxylation sites is 1. The Bertz CT molecular complexity index is 966. The Kier molecular flexibility index (Phi) is 5.56. The molecule has 4 nitrogen and oxygen atoms in total. The van der Waals surface area contributed by atoms with E-state index in [1.807, 2.05) is 37.4 Å². The fourth-order valence-electron chi connectivity index (χ4n) is 4.02. The van der Waals surface area contributed by atoms with Crippen LogP contribution >= 0.6 is 0 Å². The van der Waals surface area contributed by atoms with Crippen molar-refractivity contribution in [2.24, 2.45) is 13.0 Å². The molecule has 2 heterocycles. The normalized spacial score (nSPS) is 15.5. The maximum atomic E-state index is 12.7. The van der Waals surface area contributed by atoms with Gasteiger partial charge in [-0.05, 0) is 49.1 Å². The standard InChI is InChI=1S/C24H27N3O/c1-26-22-10-6-5-9-21(22)24(25-26)23(28)12-11-20-14-17-27(18-15-20)16-13-19-7-3-2-4-8-19/h2-10,13,16,20H,11-12,14-15,17-18H2,1H3. The highest BCUT2D eigenvalue weighted by Gasteiger charge is 2.20. The summed E-state index contributed by atoms with van der Waals surface area (Å²) in [6.07, 6.45) is 8.23. The van der Waals surface area contributed by atoms with Crippen LogP contribution in [0.3, 0.4) is 0 Å². The van der Waals surface area contributed by atoms with Crippen molar-refractivity contribution in [2.45, 2.75) is 25.7 Å². The summed E-state index contributed by atoms with van der Waals surface area (Å²) in [6.45, 7) is 2.13. The van der Waals surface area contributed by atoms with E-state index in [1.165, 1.54) is 5.56 Å². The molecule has 28 heavy (non-hydrogen) atoms. The molecule has 0 aliphatic carbocycles. The number of ketones is 1. The number of hydrogen-bond acceptors (Lipinski definition) is 3. The minimum Gasteiger partial charge on any atom is -0.377 e. The minimum atomic E-state index is 0.170. The van der Waals surface area contributed by atoms with Gasteiger partial charge in [-0.3, -0.25) is 9.48 Å². The van der Waals surface area contributed by atoms with Gasteiger partial charge in [0.15, 0.2) is 5.78 Å². The number of likely N-dealkylation sites (tertiary alicyclic amines) is 1. The van der Waals surface area contributed by atoms with Crippen LogP contribution in [0.5, 0.6) is 0 Å². The molecule has 4 rings (SSSR count). The molecule has 1 aliphatic heterocycles. The minimum absolute atomic E-state index is 0.170. The van der Waals surface area contributed by atoms with Crippen molar-refractivity contribution in [1.29, 1.82) is 0 Å². The molecule has 1 fully saturated rings. The third-order valence-electron chi connectivity index (χ3n) is 5.73. The Labute approximate surface area is 166 Å². The first-order valence-corrected chi connectivity index (χ1v) is 10.1. The molecule has 0 unspecified atom stereocenters. The van der Waals surface area contributed by atoms with Crippen LogP contribution in [-0.2, 0) is 7.05 Å². The fraction of sp³-hybridized carbons (Fsp3) is 0.333. The zero-order valence-electron chi connectivity index (χ0n) is 16.4. The number of carbonyl (C=O) groups is 1. The van der Waals surface area contributed by atoms with E-state index in [2.05, 4.69) is 46.5 Å². The van der Waals surface area contributed by atoms with E-state index in [0.717, 1.165) is 43.3 Å². The van der Waals surface area contributed by atoms with Gasteiger partial charge in [-0.1, -0.05) is 48.5 Å². The molecule has 0 bridgehead atoms. The van der Waals surface area contributed by atoms with Crippen LogP contribution < -0.4 is 0 Å². The Morgan fingerprint density at radius 3 is 2.57 bits per heavy atom. The second-order valence-electron chi connectivity index (χ2n) is 7.66. The molecular formula is C24H27N3O. The summed E-state index contributed by atoms with van der Waals surface area (Å²) in [5.41, 5.74) is 2.88. The van der Waals surface area contributed by atoms with E-state index < -0.39 is 0 Å². The van der Waals surface area contributed by atoms with E-state index >= 15 is 0 Å². The van der Waals surface area contributed by atoms with Gasteiger partial charge in [0.2, 0.25) is 0 Å². The van der Waals surface area contributed by atoms with Gasteiger partial charge in [-0.15, -0.1) is 0 Å². The molecule has 144 valence electrons. The molecule has 3 aromatic rings. The summed E-state index contributed by atoms with van der Waals surface area (Å²) in [5.74, 6) is 0.795. The number of Topliss-reactive ketones (excluding diaryl/α,β-unsaturated/α-hetero) is 1. The monoisotopic (exact) mass is 373 g/mol. The maximum absolute atomic E-state index is 12.7. The molecule has 0 spiro atoms. The smallest absolute Gasteiger partial charge is 0.183 e. The van der Waals surface area contributed by atoms with E-state index in [4.69, 9.17) is 0 Å². The third kappa shape index (κ3) is 4.16. The van der Waals surface area contributed by atoms with Crippen molar-refractivity contribution in [3.05, 3.63) is 72.1 Å². The van der Waals surface area contributed by atoms with Crippen LogP contribution in [0.2, 0.25) is 0 Å². The van der Waals surface area contributed by atoms with Gasteiger partial charge in [0.1, 0.15) is 5.69 Å². The largest absolute Gasteiger partial charge is 0.377 e. The lowest BCUT2D eigenvalue weighted by molar-refractivity contribution is 0.0963. The Hall–Kier alpha value is -2.88. The number of nitrogens with zero attached hydrogens (tertiary/aromatic N) is 3. The Morgan fingerprint density at radius 1 is 1.07 bits per heavy atom. The predicted molar refractivity (Wildman–Crippen MR) is 114 cm³/mol. The summed E-state index contributed by atoms with van der Waals surface area (Å²) in [5, 5.41) is 5.44. The summed E-state index contributed by atoms with van der Waals surface area (Å²) in [7, 11) is 1.90. The van der Waals surface area contributed by atoms with Crippen LogP contribution in [0, 0.1) is 5.92 Å². The second-order valence-corrected chi connectivity index (χ2v) is 7.66. The Morgan fingerprint density at radius 2 is 1.79 bits per heavy atom. The van der Waals surface area contributed by atoms with Crippen molar-refractivity contribution in [2.75, 3.05) is 13.1 Å². The zero-order chi connectivity index (χ0) is 19.3. The number of aromatic nitrogens is 2. The van der Waals surface area contributed by atoms with Crippen LogP contribution in [0.15, 0.2) is 60.8 Å². The van der Waals surface area contributed by atoms with Crippen molar-refractivity contribution in [1.82, 2.24) is 14.7 Å². The number of fused-ring (bicyclic) bond motifs is 1. The van der Waals surface area contributed by atoms with Crippen molar-refractivity contribution in [3.8, 4) is 0 Å². The average molecular weight is 374 g/mol. The average Bonchev–Trinajstić information content (AvgIpc) is 3.09. The van der Waals surface area contributed by atoms with Gasteiger partial charge in [0, 0.05) is 31.9 Å². The van der Waals surface area contributed by atoms with Gasteiger partial charge in [0.05, 0.1) is 5.52 Å². The van der Waals surface area contributed by atoms with Crippen LogP contribution in [0.1, 0.15) is 41.7 Å². The number of piperidine rings is 1. The predicted octanol–water partition coefficient (Wildman–Crippen LogP) is 4.92. The van der Waals surface area contributed by atoms with E-state index in [-0.39, 0.29) is 5.78 Å². The van der Waals surface area contributed by atoms with E-state index in [1.54, 1.807) is 4.68 Å². The zero-order valence-corrected chi connectivity index (χ0v) is 16.4. The molecule has 0 saturated carbocycles. The van der Waals surface area contributed by atoms with Crippen LogP contribution in [0.25, 0.3) is 17.0 Å². The van der Waals surface area contributed by atoms with Crippen LogP contribution in [-0.4, -0.2) is 33.6 Å². The number of benzene rings is 2. The molecule has 2 aromatic carbocycles. The van der Waals surface area contributed by atoms with Crippen molar-refractivity contribution in [3.63, 3.8) is 0 Å². The maximum Gasteiger partial charge on any atom is 0.183 e. The first-order chi connectivity index (χ1) is 13.7. The first-order valence-electron chi connectivity index (χ1n) is 10.1. The molecule has 0 N–H and O–H groups in total. The lowest BCUT2D eigenvalue weighted by atomic mass is 9.91. The summed E-state index contributed by atoms with van der Waals surface area (Å²) in [6, 6.07) is 18.4. The van der Waals surface area contributed by atoms with Gasteiger partial charge in [0.25, 0.3) is 0 Å². The molecular weight excluding hydrogens is 346 g/mol. The summed E-state index contributed by atoms with van der Waals surface area (Å²) >= 11 is 0.